The van der Waals surface area contributed by atoms with E-state index < -0.39 is 11.9 Å². The minimum Gasteiger partial charge on any atom is -0.465 e. The molecule has 0 spiro atoms. The Morgan fingerprint density at radius 3 is 2.32 bits per heavy atom. The predicted octanol–water partition coefficient (Wildman–Crippen LogP) is 2.44. The van der Waals surface area contributed by atoms with Gasteiger partial charge in [-0.3, -0.25) is 0 Å². The summed E-state index contributed by atoms with van der Waals surface area (Å²) in [6, 6.07) is 9.07. The van der Waals surface area contributed by atoms with Gasteiger partial charge in [-0.05, 0) is 17.6 Å². The molecule has 0 radical (unpaired) electrons. The number of rotatable bonds is 5. The SMILES string of the molecule is COC(=O)/C(=C/c1ccccc1)C(=O)OCC(C)C. The number of carbonyl (C=O) groups excluding carboxylic acids is 2. The van der Waals surface area contributed by atoms with Crippen molar-refractivity contribution in [3.63, 3.8) is 0 Å². The summed E-state index contributed by atoms with van der Waals surface area (Å²) in [5.74, 6) is -1.15. The Kier molecular flexibility index (Phi) is 5.79. The van der Waals surface area contributed by atoms with Gasteiger partial charge in [-0.25, -0.2) is 9.59 Å². The maximum atomic E-state index is 11.9. The second-order valence-electron chi connectivity index (χ2n) is 4.45. The van der Waals surface area contributed by atoms with Crippen molar-refractivity contribution >= 4 is 18.0 Å². The third-order valence-corrected chi connectivity index (χ3v) is 2.28. The first kappa shape index (κ1) is 15.0. The molecule has 0 amide bonds. The van der Waals surface area contributed by atoms with Crippen LogP contribution >= 0.6 is 0 Å². The van der Waals surface area contributed by atoms with E-state index in [9.17, 15) is 9.59 Å². The van der Waals surface area contributed by atoms with Crippen LogP contribution in [0, 0.1) is 5.92 Å². The summed E-state index contributed by atoms with van der Waals surface area (Å²) in [6.07, 6.45) is 1.47. The Labute approximate surface area is 113 Å². The van der Waals surface area contributed by atoms with E-state index in [1.807, 2.05) is 32.0 Å². The van der Waals surface area contributed by atoms with Crippen molar-refractivity contribution in [2.75, 3.05) is 13.7 Å². The van der Waals surface area contributed by atoms with Crippen molar-refractivity contribution < 1.29 is 19.1 Å². The van der Waals surface area contributed by atoms with Gasteiger partial charge in [-0.2, -0.15) is 0 Å². The highest BCUT2D eigenvalue weighted by atomic mass is 16.5. The van der Waals surface area contributed by atoms with Gasteiger partial charge in [0.25, 0.3) is 0 Å². The van der Waals surface area contributed by atoms with Gasteiger partial charge >= 0.3 is 11.9 Å². The Morgan fingerprint density at radius 2 is 1.79 bits per heavy atom. The van der Waals surface area contributed by atoms with Crippen molar-refractivity contribution in [3.8, 4) is 0 Å². The Bertz CT molecular complexity index is 460. The smallest absolute Gasteiger partial charge is 0.345 e. The summed E-state index contributed by atoms with van der Waals surface area (Å²) in [5, 5.41) is 0. The molecule has 0 unspecified atom stereocenters. The van der Waals surface area contributed by atoms with Crippen molar-refractivity contribution in [1.29, 1.82) is 0 Å². The first-order valence-electron chi connectivity index (χ1n) is 6.06. The molecule has 0 atom stereocenters. The molecule has 0 bridgehead atoms. The van der Waals surface area contributed by atoms with Gasteiger partial charge < -0.3 is 9.47 Å². The predicted molar refractivity (Wildman–Crippen MR) is 72.2 cm³/mol. The van der Waals surface area contributed by atoms with Gasteiger partial charge in [0.1, 0.15) is 5.57 Å². The molecule has 1 aromatic carbocycles. The quantitative estimate of drug-likeness (QED) is 0.354. The van der Waals surface area contributed by atoms with E-state index in [2.05, 4.69) is 4.74 Å². The monoisotopic (exact) mass is 262 g/mol. The standard InChI is InChI=1S/C15H18O4/c1-11(2)10-19-15(17)13(14(16)18-3)9-12-7-5-4-6-8-12/h4-9,11H,10H2,1-3H3/b13-9-. The maximum Gasteiger partial charge on any atom is 0.345 e. The third-order valence-electron chi connectivity index (χ3n) is 2.28. The average molecular weight is 262 g/mol. The molecule has 0 saturated carbocycles. The Balaban J connectivity index is 2.92. The van der Waals surface area contributed by atoms with Crippen molar-refractivity contribution in [2.24, 2.45) is 5.92 Å². The summed E-state index contributed by atoms with van der Waals surface area (Å²) in [7, 11) is 1.23. The Hall–Kier alpha value is -2.10. The molecule has 4 nitrogen and oxygen atoms in total. The van der Waals surface area contributed by atoms with E-state index in [0.717, 1.165) is 5.56 Å². The largest absolute Gasteiger partial charge is 0.465 e. The van der Waals surface area contributed by atoms with Gasteiger partial charge in [-0.1, -0.05) is 44.2 Å². The summed E-state index contributed by atoms with van der Waals surface area (Å²) >= 11 is 0. The number of hydrogen-bond acceptors (Lipinski definition) is 4. The average Bonchev–Trinajstić information content (AvgIpc) is 2.42. The van der Waals surface area contributed by atoms with Crippen molar-refractivity contribution in [1.82, 2.24) is 0 Å². The number of methoxy groups -OCH3 is 1. The van der Waals surface area contributed by atoms with Crippen molar-refractivity contribution in [3.05, 3.63) is 41.5 Å². The molecule has 0 fully saturated rings. The van der Waals surface area contributed by atoms with Crippen molar-refractivity contribution in [2.45, 2.75) is 13.8 Å². The number of esters is 2. The zero-order valence-corrected chi connectivity index (χ0v) is 11.4. The lowest BCUT2D eigenvalue weighted by atomic mass is 10.1. The van der Waals surface area contributed by atoms with Gasteiger partial charge in [0, 0.05) is 0 Å². The highest BCUT2D eigenvalue weighted by Gasteiger charge is 2.20. The summed E-state index contributed by atoms with van der Waals surface area (Å²) in [5.41, 5.74) is 0.638. The van der Waals surface area contributed by atoms with Gasteiger partial charge in [0.2, 0.25) is 0 Å². The summed E-state index contributed by atoms with van der Waals surface area (Å²) in [6.45, 7) is 4.11. The second-order valence-corrected chi connectivity index (χ2v) is 4.45. The fourth-order valence-corrected chi connectivity index (χ4v) is 1.35. The van der Waals surface area contributed by atoms with Gasteiger partial charge in [0.15, 0.2) is 0 Å². The van der Waals surface area contributed by atoms with Crippen LogP contribution in [0.15, 0.2) is 35.9 Å². The van der Waals surface area contributed by atoms with Crippen LogP contribution in [0.25, 0.3) is 6.08 Å². The van der Waals surface area contributed by atoms with Crippen LogP contribution in [0.2, 0.25) is 0 Å². The minimum atomic E-state index is -0.697. The number of hydrogen-bond donors (Lipinski definition) is 0. The van der Waals surface area contributed by atoms with Crippen LogP contribution in [-0.4, -0.2) is 25.7 Å². The van der Waals surface area contributed by atoms with E-state index >= 15 is 0 Å². The molecule has 1 rings (SSSR count). The molecule has 0 aliphatic heterocycles. The molecule has 0 saturated heterocycles. The minimum absolute atomic E-state index is 0.102. The van der Waals surface area contributed by atoms with E-state index in [1.165, 1.54) is 13.2 Å². The van der Waals surface area contributed by atoms with Crippen LogP contribution in [0.3, 0.4) is 0 Å². The molecule has 0 aliphatic rings. The summed E-state index contributed by atoms with van der Waals surface area (Å²) < 4.78 is 9.66. The highest BCUT2D eigenvalue weighted by molar-refractivity contribution is 6.17. The van der Waals surface area contributed by atoms with Crippen LogP contribution in [0.1, 0.15) is 19.4 Å². The normalized spacial score (nSPS) is 11.3. The molecule has 0 heterocycles. The number of benzene rings is 1. The highest BCUT2D eigenvalue weighted by Crippen LogP contribution is 2.10. The lowest BCUT2D eigenvalue weighted by molar-refractivity contribution is -0.146. The molecule has 1 aromatic rings. The van der Waals surface area contributed by atoms with E-state index in [-0.39, 0.29) is 18.1 Å². The first-order chi connectivity index (χ1) is 9.04. The molecule has 0 aromatic heterocycles. The summed E-state index contributed by atoms with van der Waals surface area (Å²) in [4.78, 5) is 23.5. The molecule has 0 aliphatic carbocycles. The third kappa shape index (κ3) is 4.95. The van der Waals surface area contributed by atoms with Crippen LogP contribution < -0.4 is 0 Å². The number of carbonyl (C=O) groups is 2. The van der Waals surface area contributed by atoms with Crippen LogP contribution in [0.5, 0.6) is 0 Å². The zero-order chi connectivity index (χ0) is 14.3. The maximum absolute atomic E-state index is 11.9. The molecule has 0 N–H and O–H groups in total. The van der Waals surface area contributed by atoms with Gasteiger partial charge in [-0.15, -0.1) is 0 Å². The number of ether oxygens (including phenoxy) is 2. The van der Waals surface area contributed by atoms with E-state index in [0.29, 0.717) is 0 Å². The molecular formula is C15H18O4. The van der Waals surface area contributed by atoms with Gasteiger partial charge in [0.05, 0.1) is 13.7 Å². The first-order valence-corrected chi connectivity index (χ1v) is 6.06. The molecular weight excluding hydrogens is 244 g/mol. The Morgan fingerprint density at radius 1 is 1.16 bits per heavy atom. The molecule has 4 heteroatoms. The fraction of sp³-hybridized carbons (Fsp3) is 0.333. The topological polar surface area (TPSA) is 52.6 Å². The van der Waals surface area contributed by atoms with Crippen LogP contribution in [0.4, 0.5) is 0 Å². The fourth-order valence-electron chi connectivity index (χ4n) is 1.35. The lowest BCUT2D eigenvalue weighted by Crippen LogP contribution is -2.19. The van der Waals surface area contributed by atoms with E-state index in [1.54, 1.807) is 12.1 Å². The van der Waals surface area contributed by atoms with Crippen LogP contribution in [-0.2, 0) is 19.1 Å². The second kappa shape index (κ2) is 7.36. The molecule has 102 valence electrons. The lowest BCUT2D eigenvalue weighted by Gasteiger charge is -2.08. The van der Waals surface area contributed by atoms with E-state index in [4.69, 9.17) is 4.74 Å². The zero-order valence-electron chi connectivity index (χ0n) is 11.4. The molecule has 19 heavy (non-hydrogen) atoms.